The summed E-state index contributed by atoms with van der Waals surface area (Å²) in [5.74, 6) is -1.44. The number of anilines is 2. The predicted octanol–water partition coefficient (Wildman–Crippen LogP) is 3.54. The van der Waals surface area contributed by atoms with Crippen molar-refractivity contribution in [2.45, 2.75) is 13.8 Å². The van der Waals surface area contributed by atoms with Gasteiger partial charge in [-0.15, -0.1) is 0 Å². The number of pyridine rings is 2. The van der Waals surface area contributed by atoms with Gasteiger partial charge in [0.25, 0.3) is 12.1 Å². The summed E-state index contributed by atoms with van der Waals surface area (Å²) in [6.45, 7) is 5.20. The van der Waals surface area contributed by atoms with Crippen LogP contribution in [0.5, 0.6) is 11.5 Å². The second-order valence-electron chi connectivity index (χ2n) is 11.8. The Morgan fingerprint density at radius 3 is 2.14 bits per heavy atom. The number of carboxylic acid groups (broad SMARTS) is 1. The Bertz CT molecular complexity index is 2030. The van der Waals surface area contributed by atoms with Crippen LogP contribution in [0, 0.1) is 13.8 Å². The van der Waals surface area contributed by atoms with E-state index in [1.807, 2.05) is 6.92 Å². The topological polar surface area (TPSA) is 152 Å². The molecule has 0 bridgehead atoms. The molecule has 4 aromatic rings. The summed E-state index contributed by atoms with van der Waals surface area (Å²) in [6.07, 6.45) is 3.01. The summed E-state index contributed by atoms with van der Waals surface area (Å²) >= 11 is 0. The molecule has 2 aromatic heterocycles. The van der Waals surface area contributed by atoms with Crippen molar-refractivity contribution >= 4 is 35.3 Å². The average molecular weight is 683 g/mol. The van der Waals surface area contributed by atoms with Gasteiger partial charge in [0, 0.05) is 83.7 Å². The molecular weight excluding hydrogens is 646 g/mol. The molecule has 14 nitrogen and oxygen atoms in total. The minimum Gasteiger partial charge on any atom is -0.494 e. The SMILES string of the molecule is COc1c[n+](OC(=O)c2ccc(N3CCOCC3=O)cc2-c2cc(C)ncc2OC)c(C)cc1-c1cc(N2CCN(C)C2=O)ccc1C(=O)O. The summed E-state index contributed by atoms with van der Waals surface area (Å²) in [4.78, 5) is 66.7. The van der Waals surface area contributed by atoms with Crippen molar-refractivity contribution < 1.29 is 48.1 Å². The summed E-state index contributed by atoms with van der Waals surface area (Å²) in [7, 11) is 4.63. The molecule has 0 aliphatic carbocycles. The van der Waals surface area contributed by atoms with Gasteiger partial charge in [-0.1, -0.05) is 0 Å². The number of carbonyl (C=O) groups is 4. The van der Waals surface area contributed by atoms with Crippen LogP contribution in [-0.4, -0.2) is 93.0 Å². The molecule has 3 amide bonds. The lowest BCUT2D eigenvalue weighted by Crippen LogP contribution is -2.48. The highest BCUT2D eigenvalue weighted by atomic mass is 16.7. The normalized spacial score (nSPS) is 14.6. The van der Waals surface area contributed by atoms with Gasteiger partial charge in [0.15, 0.2) is 5.75 Å². The van der Waals surface area contributed by atoms with Gasteiger partial charge in [0.05, 0.1) is 38.2 Å². The summed E-state index contributed by atoms with van der Waals surface area (Å²) in [6, 6.07) is 13.0. The summed E-state index contributed by atoms with van der Waals surface area (Å²) < 4.78 is 17.8. The molecule has 0 radical (unpaired) electrons. The van der Waals surface area contributed by atoms with Crippen LogP contribution in [0.4, 0.5) is 16.2 Å². The fraction of sp³-hybridized carbons (Fsp3) is 0.278. The van der Waals surface area contributed by atoms with E-state index in [1.165, 1.54) is 31.2 Å². The third-order valence-electron chi connectivity index (χ3n) is 8.69. The zero-order chi connectivity index (χ0) is 35.7. The van der Waals surface area contributed by atoms with E-state index in [4.69, 9.17) is 19.0 Å². The largest absolute Gasteiger partial charge is 0.494 e. The van der Waals surface area contributed by atoms with Crippen molar-refractivity contribution in [3.05, 3.63) is 83.4 Å². The van der Waals surface area contributed by atoms with Gasteiger partial charge in [0.2, 0.25) is 5.69 Å². The lowest BCUT2D eigenvalue weighted by Gasteiger charge is -2.27. The van der Waals surface area contributed by atoms with Gasteiger partial charge in [-0.2, -0.15) is 4.84 Å². The number of aromatic carboxylic acids is 1. The number of morpholine rings is 1. The summed E-state index contributed by atoms with van der Waals surface area (Å²) in [5.41, 5.74) is 4.23. The first-order valence-corrected chi connectivity index (χ1v) is 15.8. The second kappa shape index (κ2) is 13.8. The molecule has 0 saturated carbocycles. The van der Waals surface area contributed by atoms with Gasteiger partial charge in [-0.05, 0) is 49.4 Å². The van der Waals surface area contributed by atoms with Crippen molar-refractivity contribution in [3.63, 3.8) is 0 Å². The Balaban J connectivity index is 1.40. The van der Waals surface area contributed by atoms with E-state index in [0.29, 0.717) is 77.0 Å². The first kappa shape index (κ1) is 33.9. The third kappa shape index (κ3) is 6.40. The quantitative estimate of drug-likeness (QED) is 0.260. The molecular formula is C36H36N5O9+. The number of likely N-dealkylation sites (N-methyl/N-ethyl adjacent to an activating group) is 1. The van der Waals surface area contributed by atoms with Crippen LogP contribution < -0.4 is 28.8 Å². The van der Waals surface area contributed by atoms with E-state index in [-0.39, 0.29) is 35.4 Å². The number of benzene rings is 2. The first-order valence-electron chi connectivity index (χ1n) is 15.8. The molecule has 2 fully saturated rings. The molecule has 258 valence electrons. The number of carboxylic acids is 1. The van der Waals surface area contributed by atoms with E-state index in [9.17, 15) is 24.3 Å². The number of carbonyl (C=O) groups excluding carboxylic acids is 3. The minimum atomic E-state index is -1.16. The van der Waals surface area contributed by atoms with Crippen LogP contribution >= 0.6 is 0 Å². The van der Waals surface area contributed by atoms with E-state index >= 15 is 0 Å². The van der Waals surface area contributed by atoms with Gasteiger partial charge in [0.1, 0.15) is 12.4 Å². The summed E-state index contributed by atoms with van der Waals surface area (Å²) in [5, 5.41) is 10.1. The number of amides is 3. The lowest BCUT2D eigenvalue weighted by atomic mass is 9.97. The maximum atomic E-state index is 14.0. The molecule has 2 saturated heterocycles. The highest BCUT2D eigenvalue weighted by Gasteiger charge is 2.31. The fourth-order valence-corrected chi connectivity index (χ4v) is 6.04. The molecule has 2 aromatic carbocycles. The number of aryl methyl sites for hydroxylation is 2. The van der Waals surface area contributed by atoms with Crippen molar-refractivity contribution in [1.82, 2.24) is 9.88 Å². The van der Waals surface area contributed by atoms with Crippen LogP contribution in [-0.2, 0) is 9.53 Å². The van der Waals surface area contributed by atoms with Crippen molar-refractivity contribution in [1.29, 1.82) is 0 Å². The number of aromatic nitrogens is 2. The van der Waals surface area contributed by atoms with Gasteiger partial charge in [-0.25, -0.2) is 14.4 Å². The number of methoxy groups -OCH3 is 2. The molecule has 14 heteroatoms. The van der Waals surface area contributed by atoms with E-state index < -0.39 is 11.9 Å². The van der Waals surface area contributed by atoms with E-state index in [2.05, 4.69) is 4.98 Å². The van der Waals surface area contributed by atoms with Crippen LogP contribution in [0.25, 0.3) is 22.3 Å². The Labute approximate surface area is 287 Å². The molecule has 0 atom stereocenters. The maximum absolute atomic E-state index is 14.0. The van der Waals surface area contributed by atoms with Crippen LogP contribution in [0.3, 0.4) is 0 Å². The van der Waals surface area contributed by atoms with Crippen LogP contribution in [0.15, 0.2) is 60.9 Å². The minimum absolute atomic E-state index is 0.00580. The second-order valence-corrected chi connectivity index (χ2v) is 11.8. The predicted molar refractivity (Wildman–Crippen MR) is 181 cm³/mol. The first-order chi connectivity index (χ1) is 24.0. The zero-order valence-electron chi connectivity index (χ0n) is 28.3. The number of rotatable bonds is 9. The molecule has 0 spiro atoms. The van der Waals surface area contributed by atoms with Gasteiger partial charge in [-0.3, -0.25) is 14.7 Å². The monoisotopic (exact) mass is 682 g/mol. The molecule has 4 heterocycles. The molecule has 6 rings (SSSR count). The average Bonchev–Trinajstić information content (AvgIpc) is 3.45. The standard InChI is InChI=1S/C36H35N5O9/c1-21-14-29(31(47-4)18-37-21)28-16-23(39-12-13-49-20-33(39)42)7-9-26(28)35(45)50-41-19-32(48-5)30(15-22(41)2)27-17-24(6-8-25(27)34(43)44)40-11-10-38(3)36(40)46/h6-9,14-19H,10-13,20H2,1-5H3/p+1. The Morgan fingerprint density at radius 1 is 0.840 bits per heavy atom. The van der Waals surface area contributed by atoms with Gasteiger partial charge >= 0.3 is 18.0 Å². The molecule has 0 unspecified atom stereocenters. The maximum Gasteiger partial charge on any atom is 0.411 e. The van der Waals surface area contributed by atoms with Crippen molar-refractivity contribution in [3.8, 4) is 33.8 Å². The smallest absolute Gasteiger partial charge is 0.411 e. The number of hydrogen-bond donors (Lipinski definition) is 1. The molecule has 1 N–H and O–H groups in total. The zero-order valence-corrected chi connectivity index (χ0v) is 28.3. The third-order valence-corrected chi connectivity index (χ3v) is 8.69. The number of urea groups is 1. The van der Waals surface area contributed by atoms with E-state index in [0.717, 1.165) is 0 Å². The Hall–Kier alpha value is -6.02. The Morgan fingerprint density at radius 2 is 1.50 bits per heavy atom. The highest BCUT2D eigenvalue weighted by Crippen LogP contribution is 2.37. The number of ether oxygens (including phenoxy) is 3. The van der Waals surface area contributed by atoms with Crippen molar-refractivity contribution in [2.75, 3.05) is 63.9 Å². The Kier molecular flexibility index (Phi) is 9.37. The lowest BCUT2D eigenvalue weighted by molar-refractivity contribution is -0.872. The molecule has 50 heavy (non-hydrogen) atoms. The van der Waals surface area contributed by atoms with E-state index in [1.54, 1.807) is 77.3 Å². The van der Waals surface area contributed by atoms with Crippen molar-refractivity contribution in [2.24, 2.45) is 0 Å². The fourth-order valence-electron chi connectivity index (χ4n) is 6.04. The molecule has 2 aliphatic heterocycles. The number of hydrogen-bond acceptors (Lipinski definition) is 9. The van der Waals surface area contributed by atoms with Crippen LogP contribution in [0.1, 0.15) is 32.1 Å². The van der Waals surface area contributed by atoms with Gasteiger partial charge < -0.3 is 29.1 Å². The molecule has 2 aliphatic rings. The highest BCUT2D eigenvalue weighted by molar-refractivity contribution is 6.02. The number of nitrogens with zero attached hydrogens (tertiary/aromatic N) is 5. The van der Waals surface area contributed by atoms with Crippen LogP contribution in [0.2, 0.25) is 0 Å².